The number of nitrogens with one attached hydrogen (secondary N) is 1. The lowest BCUT2D eigenvalue weighted by molar-refractivity contribution is 0.0285. The van der Waals surface area contributed by atoms with Gasteiger partial charge in [0.1, 0.15) is 10.7 Å². The maximum Gasteiger partial charge on any atom is 0.264 e. The van der Waals surface area contributed by atoms with E-state index in [4.69, 9.17) is 20.2 Å². The van der Waals surface area contributed by atoms with Crippen LogP contribution >= 0.6 is 10.7 Å². The number of hydrogen-bond donors (Lipinski definition) is 1. The molecule has 0 radical (unpaired) electrons. The molecule has 0 aliphatic carbocycles. The van der Waals surface area contributed by atoms with E-state index in [1.54, 1.807) is 0 Å². The second kappa shape index (κ2) is 7.69. The van der Waals surface area contributed by atoms with E-state index in [0.717, 1.165) is 18.2 Å². The van der Waals surface area contributed by atoms with Crippen molar-refractivity contribution in [1.82, 2.24) is 5.32 Å². The summed E-state index contributed by atoms with van der Waals surface area (Å²) in [6, 6.07) is 2.91. The summed E-state index contributed by atoms with van der Waals surface area (Å²) in [7, 11) is 3.79. The number of hydrogen-bond acceptors (Lipinski definition) is 5. The first-order valence-corrected chi connectivity index (χ1v) is 8.14. The van der Waals surface area contributed by atoms with E-state index in [2.05, 4.69) is 5.32 Å². The minimum absolute atomic E-state index is 0.0251. The minimum Gasteiger partial charge on any atom is -0.382 e. The Labute approximate surface area is 126 Å². The summed E-state index contributed by atoms with van der Waals surface area (Å²) in [6.07, 6.45) is -0.351. The van der Waals surface area contributed by atoms with E-state index in [-0.39, 0.29) is 24.8 Å². The molecule has 0 aromatic heterocycles. The highest BCUT2D eigenvalue weighted by atomic mass is 35.7. The summed E-state index contributed by atoms with van der Waals surface area (Å²) in [5.41, 5.74) is -0.0251. The number of benzene rings is 1. The summed E-state index contributed by atoms with van der Waals surface area (Å²) < 4.78 is 45.7. The lowest BCUT2D eigenvalue weighted by Crippen LogP contribution is -2.35. The van der Waals surface area contributed by atoms with Gasteiger partial charge in [0, 0.05) is 37.0 Å². The van der Waals surface area contributed by atoms with Gasteiger partial charge in [-0.2, -0.15) is 0 Å². The first kappa shape index (κ1) is 17.8. The second-order valence-electron chi connectivity index (χ2n) is 4.11. The molecule has 0 spiro atoms. The van der Waals surface area contributed by atoms with E-state index in [1.165, 1.54) is 14.2 Å². The highest BCUT2D eigenvalue weighted by molar-refractivity contribution is 8.13. The van der Waals surface area contributed by atoms with Gasteiger partial charge in [-0.1, -0.05) is 0 Å². The van der Waals surface area contributed by atoms with Crippen LogP contribution in [0.1, 0.15) is 10.4 Å². The van der Waals surface area contributed by atoms with Crippen molar-refractivity contribution in [3.8, 4) is 0 Å². The number of carbonyl (C=O) groups excluding carboxylic acids is 1. The van der Waals surface area contributed by atoms with Gasteiger partial charge in [-0.05, 0) is 18.2 Å². The largest absolute Gasteiger partial charge is 0.382 e. The zero-order valence-electron chi connectivity index (χ0n) is 11.4. The predicted octanol–water partition coefficient (Wildman–Crippen LogP) is 1.14. The van der Waals surface area contributed by atoms with Crippen LogP contribution in [-0.2, 0) is 18.5 Å². The van der Waals surface area contributed by atoms with E-state index >= 15 is 0 Å². The van der Waals surface area contributed by atoms with Gasteiger partial charge in [0.15, 0.2) is 0 Å². The average Bonchev–Trinajstić information content (AvgIpc) is 2.42. The Bertz CT molecular complexity index is 608. The molecule has 0 aliphatic rings. The van der Waals surface area contributed by atoms with Gasteiger partial charge in [0.05, 0.1) is 12.7 Å². The molecule has 1 amide bonds. The molecule has 0 heterocycles. The van der Waals surface area contributed by atoms with E-state index in [0.29, 0.717) is 0 Å². The van der Waals surface area contributed by atoms with E-state index < -0.39 is 25.7 Å². The normalized spacial score (nSPS) is 13.0. The molecule has 6 nitrogen and oxygen atoms in total. The molecule has 1 aromatic rings. The highest BCUT2D eigenvalue weighted by Crippen LogP contribution is 2.20. The minimum atomic E-state index is -4.26. The van der Waals surface area contributed by atoms with Crippen molar-refractivity contribution >= 4 is 25.6 Å². The maximum absolute atomic E-state index is 13.4. The molecule has 1 atom stereocenters. The molecule has 1 aromatic carbocycles. The number of halogens is 2. The standard InChI is InChI=1S/C12H15ClFNO5S/c1-19-7-9(20-2)6-15-12(16)8-3-4-10(14)11(5-8)21(13,17)18/h3-5,9H,6-7H2,1-2H3,(H,15,16). The van der Waals surface area contributed by atoms with Gasteiger partial charge < -0.3 is 14.8 Å². The molecule has 21 heavy (non-hydrogen) atoms. The number of ether oxygens (including phenoxy) is 2. The van der Waals surface area contributed by atoms with Crippen LogP contribution in [0.4, 0.5) is 4.39 Å². The summed E-state index contributed by atoms with van der Waals surface area (Å²) in [5, 5.41) is 2.53. The van der Waals surface area contributed by atoms with Crippen LogP contribution in [0.15, 0.2) is 23.1 Å². The average molecular weight is 340 g/mol. The lowest BCUT2D eigenvalue weighted by Gasteiger charge is -2.15. The molecular weight excluding hydrogens is 325 g/mol. The highest BCUT2D eigenvalue weighted by Gasteiger charge is 2.19. The zero-order chi connectivity index (χ0) is 16.0. The number of amides is 1. The Morgan fingerprint density at radius 3 is 2.62 bits per heavy atom. The van der Waals surface area contributed by atoms with Gasteiger partial charge in [-0.25, -0.2) is 12.8 Å². The Morgan fingerprint density at radius 2 is 2.10 bits per heavy atom. The topological polar surface area (TPSA) is 81.7 Å². The summed E-state index contributed by atoms with van der Waals surface area (Å²) in [4.78, 5) is 11.2. The Kier molecular flexibility index (Phi) is 6.53. The number of methoxy groups -OCH3 is 2. The van der Waals surface area contributed by atoms with Crippen LogP contribution in [0.2, 0.25) is 0 Å². The van der Waals surface area contributed by atoms with Gasteiger partial charge >= 0.3 is 0 Å². The summed E-state index contributed by atoms with van der Waals surface area (Å²) in [5.74, 6) is -1.59. The molecule has 1 unspecified atom stereocenters. The fourth-order valence-corrected chi connectivity index (χ4v) is 2.46. The van der Waals surface area contributed by atoms with Crippen LogP contribution in [0.25, 0.3) is 0 Å². The third-order valence-electron chi connectivity index (χ3n) is 2.63. The SMILES string of the molecule is COCC(CNC(=O)c1ccc(F)c(S(=O)(=O)Cl)c1)OC. The summed E-state index contributed by atoms with van der Waals surface area (Å²) >= 11 is 0. The van der Waals surface area contributed by atoms with Crippen LogP contribution < -0.4 is 5.32 Å². The van der Waals surface area contributed by atoms with Crippen molar-refractivity contribution < 1.29 is 27.1 Å². The van der Waals surface area contributed by atoms with Crippen LogP contribution in [0.5, 0.6) is 0 Å². The zero-order valence-corrected chi connectivity index (χ0v) is 13.0. The Balaban J connectivity index is 2.84. The third-order valence-corrected chi connectivity index (χ3v) is 3.97. The predicted molar refractivity (Wildman–Crippen MR) is 74.4 cm³/mol. The number of carbonyl (C=O) groups is 1. The smallest absolute Gasteiger partial charge is 0.264 e. The van der Waals surface area contributed by atoms with Gasteiger partial charge in [-0.3, -0.25) is 4.79 Å². The summed E-state index contributed by atoms with van der Waals surface area (Å²) in [6.45, 7) is 0.436. The van der Waals surface area contributed by atoms with Crippen molar-refractivity contribution in [2.24, 2.45) is 0 Å². The Hall–Kier alpha value is -1.22. The van der Waals surface area contributed by atoms with Crippen LogP contribution in [-0.4, -0.2) is 47.8 Å². The quantitative estimate of drug-likeness (QED) is 0.753. The van der Waals surface area contributed by atoms with Gasteiger partial charge in [0.25, 0.3) is 15.0 Å². The monoisotopic (exact) mass is 339 g/mol. The first-order valence-electron chi connectivity index (χ1n) is 5.83. The molecular formula is C12H15ClFNO5S. The molecule has 118 valence electrons. The van der Waals surface area contributed by atoms with Crippen molar-refractivity contribution in [2.75, 3.05) is 27.4 Å². The van der Waals surface area contributed by atoms with Gasteiger partial charge in [0.2, 0.25) is 0 Å². The molecule has 1 rings (SSSR count). The molecule has 9 heteroatoms. The molecule has 0 saturated heterocycles. The van der Waals surface area contributed by atoms with Crippen LogP contribution in [0.3, 0.4) is 0 Å². The lowest BCUT2D eigenvalue weighted by atomic mass is 10.2. The van der Waals surface area contributed by atoms with E-state index in [1.807, 2.05) is 0 Å². The van der Waals surface area contributed by atoms with E-state index in [9.17, 15) is 17.6 Å². The van der Waals surface area contributed by atoms with Gasteiger partial charge in [-0.15, -0.1) is 0 Å². The van der Waals surface area contributed by atoms with Crippen molar-refractivity contribution in [2.45, 2.75) is 11.0 Å². The van der Waals surface area contributed by atoms with Crippen LogP contribution in [0, 0.1) is 5.82 Å². The maximum atomic E-state index is 13.4. The fraction of sp³-hybridized carbons (Fsp3) is 0.417. The molecule has 0 saturated carbocycles. The molecule has 1 N–H and O–H groups in total. The Morgan fingerprint density at radius 1 is 1.43 bits per heavy atom. The van der Waals surface area contributed by atoms with Crippen molar-refractivity contribution in [1.29, 1.82) is 0 Å². The second-order valence-corrected chi connectivity index (χ2v) is 6.64. The third kappa shape index (κ3) is 5.24. The molecule has 0 aliphatic heterocycles. The number of rotatable bonds is 7. The molecule has 0 bridgehead atoms. The van der Waals surface area contributed by atoms with Crippen molar-refractivity contribution in [3.05, 3.63) is 29.6 Å². The molecule has 0 fully saturated rings. The first-order chi connectivity index (χ1) is 9.79. The van der Waals surface area contributed by atoms with Crippen molar-refractivity contribution in [3.63, 3.8) is 0 Å². The fourth-order valence-electron chi connectivity index (χ4n) is 1.54.